The van der Waals surface area contributed by atoms with E-state index in [4.69, 9.17) is 21.1 Å². The molecule has 0 amide bonds. The molecule has 1 fully saturated rings. The molecule has 9 nitrogen and oxygen atoms in total. The van der Waals surface area contributed by atoms with Gasteiger partial charge < -0.3 is 14.6 Å². The summed E-state index contributed by atoms with van der Waals surface area (Å²) in [5, 5.41) is 19.4. The molecule has 1 N–H and O–H groups in total. The molecule has 11 heteroatoms. The summed E-state index contributed by atoms with van der Waals surface area (Å²) in [6.45, 7) is 7.91. The fraction of sp³-hybridized carbons (Fsp3) is 0.722. The van der Waals surface area contributed by atoms with Gasteiger partial charge in [-0.3, -0.25) is 0 Å². The van der Waals surface area contributed by atoms with Crippen molar-refractivity contribution in [1.29, 1.82) is 0 Å². The normalized spacial score (nSPS) is 21.1. The first-order chi connectivity index (χ1) is 14.0. The summed E-state index contributed by atoms with van der Waals surface area (Å²) >= 11 is 7.75. The van der Waals surface area contributed by atoms with Crippen LogP contribution in [0.3, 0.4) is 0 Å². The molecule has 1 aliphatic rings. The zero-order chi connectivity index (χ0) is 21.4. The summed E-state index contributed by atoms with van der Waals surface area (Å²) in [5.74, 6) is 0.437. The molecule has 0 bridgehead atoms. The number of aliphatic hydroxyl groups is 1. The average Bonchev–Trinajstić information content (AvgIpc) is 3.30. The van der Waals surface area contributed by atoms with Crippen molar-refractivity contribution in [1.82, 2.24) is 25.0 Å². The molecular weight excluding hydrogens is 418 g/mol. The third-order valence-electron chi connectivity index (χ3n) is 4.21. The Morgan fingerprint density at radius 2 is 2.07 bits per heavy atom. The minimum absolute atomic E-state index is 0.160. The topological polar surface area (TPSA) is 112 Å². The molecule has 0 saturated heterocycles. The molecule has 2 aromatic heterocycles. The van der Waals surface area contributed by atoms with Gasteiger partial charge in [0.25, 0.3) is 0 Å². The van der Waals surface area contributed by atoms with E-state index in [1.165, 1.54) is 11.8 Å². The molecule has 2 heterocycles. The molecular formula is C18H28ClN5O4S. The van der Waals surface area contributed by atoms with Gasteiger partial charge in [0.1, 0.15) is 6.61 Å². The van der Waals surface area contributed by atoms with Gasteiger partial charge in [-0.2, -0.15) is 0 Å². The molecule has 2 unspecified atom stereocenters. The maximum absolute atomic E-state index is 11.5. The van der Waals surface area contributed by atoms with Crippen molar-refractivity contribution >= 4 is 40.5 Å². The minimum atomic E-state index is -0.713. The first kappa shape index (κ1) is 23.8. The third kappa shape index (κ3) is 6.00. The van der Waals surface area contributed by atoms with Crippen molar-refractivity contribution in [2.75, 3.05) is 19.0 Å². The first-order valence-corrected chi connectivity index (χ1v) is 11.3. The fourth-order valence-electron chi connectivity index (χ4n) is 2.99. The second-order valence-electron chi connectivity index (χ2n) is 6.20. The maximum atomic E-state index is 11.5. The molecule has 3 atom stereocenters. The van der Waals surface area contributed by atoms with Gasteiger partial charge in [0.15, 0.2) is 21.5 Å². The van der Waals surface area contributed by atoms with Crippen LogP contribution < -0.4 is 0 Å². The predicted molar refractivity (Wildman–Crippen MR) is 111 cm³/mol. The quantitative estimate of drug-likeness (QED) is 0.283. The van der Waals surface area contributed by atoms with Crippen LogP contribution in [-0.2, 0) is 14.3 Å². The lowest BCUT2D eigenvalue weighted by atomic mass is 10.2. The van der Waals surface area contributed by atoms with E-state index >= 15 is 0 Å². The molecule has 2 aromatic rings. The van der Waals surface area contributed by atoms with Crippen LogP contribution in [0, 0.1) is 0 Å². The Morgan fingerprint density at radius 3 is 2.76 bits per heavy atom. The van der Waals surface area contributed by atoms with Crippen LogP contribution in [0.15, 0.2) is 5.16 Å². The van der Waals surface area contributed by atoms with E-state index in [0.29, 0.717) is 35.8 Å². The first-order valence-electron chi connectivity index (χ1n) is 9.90. The van der Waals surface area contributed by atoms with Crippen molar-refractivity contribution < 1.29 is 19.4 Å². The van der Waals surface area contributed by atoms with E-state index in [2.05, 4.69) is 27.2 Å². The lowest BCUT2D eigenvalue weighted by Crippen LogP contribution is -2.26. The SMILES string of the molecule is CC.CCCSc1nc(Cl)c2nnn(C3CC(OCC(=O)OCC)[C@@H](O)C3)c2n1. The van der Waals surface area contributed by atoms with Crippen molar-refractivity contribution in [2.45, 2.75) is 70.4 Å². The summed E-state index contributed by atoms with van der Waals surface area (Å²) in [7, 11) is 0. The van der Waals surface area contributed by atoms with Crippen molar-refractivity contribution in [2.24, 2.45) is 0 Å². The van der Waals surface area contributed by atoms with Gasteiger partial charge in [0, 0.05) is 5.75 Å². The van der Waals surface area contributed by atoms with Crippen LogP contribution >= 0.6 is 23.4 Å². The van der Waals surface area contributed by atoms with Crippen LogP contribution in [0.4, 0.5) is 0 Å². The largest absolute Gasteiger partial charge is 0.464 e. The number of thioether (sulfide) groups is 1. The monoisotopic (exact) mass is 445 g/mol. The lowest BCUT2D eigenvalue weighted by Gasteiger charge is -2.14. The summed E-state index contributed by atoms with van der Waals surface area (Å²) in [6, 6.07) is -0.160. The second-order valence-corrected chi connectivity index (χ2v) is 7.62. The van der Waals surface area contributed by atoms with E-state index in [9.17, 15) is 9.90 Å². The van der Waals surface area contributed by atoms with Gasteiger partial charge in [-0.05, 0) is 26.2 Å². The highest BCUT2D eigenvalue weighted by atomic mass is 35.5. The highest BCUT2D eigenvalue weighted by Gasteiger charge is 2.37. The average molecular weight is 446 g/mol. The Kier molecular flexibility index (Phi) is 9.54. The van der Waals surface area contributed by atoms with E-state index < -0.39 is 18.2 Å². The molecule has 1 saturated carbocycles. The second kappa shape index (κ2) is 11.6. The molecule has 3 rings (SSSR count). The molecule has 29 heavy (non-hydrogen) atoms. The van der Waals surface area contributed by atoms with Crippen molar-refractivity contribution in [3.05, 3.63) is 5.15 Å². The predicted octanol–water partition coefficient (Wildman–Crippen LogP) is 3.05. The Balaban J connectivity index is 0.00000145. The van der Waals surface area contributed by atoms with Crippen LogP contribution in [0.2, 0.25) is 5.15 Å². The number of halogens is 1. The van der Waals surface area contributed by atoms with Gasteiger partial charge in [-0.25, -0.2) is 19.4 Å². The smallest absolute Gasteiger partial charge is 0.332 e. The molecule has 0 aliphatic heterocycles. The standard InChI is InChI=1S/C16H22ClN5O4S.C2H6/c1-3-5-27-16-18-14(17)13-15(19-16)22(21-20-13)9-6-10(23)11(7-9)26-8-12(24)25-4-2;1-2/h9-11,23H,3-8H2,1-2H3;1-2H3/t9?,10-,11?;/m0./s1. The Labute approximate surface area is 179 Å². The van der Waals surface area contributed by atoms with Gasteiger partial charge in [0.05, 0.1) is 24.9 Å². The van der Waals surface area contributed by atoms with E-state index in [0.717, 1.165) is 12.2 Å². The highest BCUT2D eigenvalue weighted by Crippen LogP contribution is 2.34. The zero-order valence-electron chi connectivity index (χ0n) is 17.2. The van der Waals surface area contributed by atoms with Gasteiger partial charge in [0.2, 0.25) is 0 Å². The molecule has 1 aliphatic carbocycles. The number of hydrogen-bond donors (Lipinski definition) is 1. The van der Waals surface area contributed by atoms with Crippen molar-refractivity contribution in [3.63, 3.8) is 0 Å². The Bertz CT molecular complexity index is 806. The number of hydrogen-bond acceptors (Lipinski definition) is 9. The van der Waals surface area contributed by atoms with Crippen LogP contribution in [0.1, 0.15) is 53.0 Å². The summed E-state index contributed by atoms with van der Waals surface area (Å²) in [5.41, 5.74) is 0.972. The minimum Gasteiger partial charge on any atom is -0.464 e. The Morgan fingerprint density at radius 1 is 1.31 bits per heavy atom. The highest BCUT2D eigenvalue weighted by molar-refractivity contribution is 7.99. The molecule has 0 aromatic carbocycles. The van der Waals surface area contributed by atoms with Gasteiger partial charge >= 0.3 is 5.97 Å². The molecule has 0 spiro atoms. The summed E-state index contributed by atoms with van der Waals surface area (Å²) < 4.78 is 12.0. The summed E-state index contributed by atoms with van der Waals surface area (Å²) in [4.78, 5) is 20.2. The van der Waals surface area contributed by atoms with E-state index in [1.54, 1.807) is 11.6 Å². The van der Waals surface area contributed by atoms with Gasteiger partial charge in [-0.1, -0.05) is 49.3 Å². The number of rotatable bonds is 8. The lowest BCUT2D eigenvalue weighted by molar-refractivity contribution is -0.152. The van der Waals surface area contributed by atoms with E-state index in [1.807, 2.05) is 13.8 Å². The number of fused-ring (bicyclic) bond motifs is 1. The number of carbonyl (C=O) groups excluding carboxylic acids is 1. The summed E-state index contributed by atoms with van der Waals surface area (Å²) in [6.07, 6.45) is 0.707. The number of nitrogens with zero attached hydrogens (tertiary/aromatic N) is 5. The van der Waals surface area contributed by atoms with Crippen LogP contribution in [0.5, 0.6) is 0 Å². The Hall–Kier alpha value is -1.49. The maximum Gasteiger partial charge on any atom is 0.332 e. The third-order valence-corrected chi connectivity index (χ3v) is 5.53. The number of carbonyl (C=O) groups is 1. The molecule has 162 valence electrons. The van der Waals surface area contributed by atoms with E-state index in [-0.39, 0.29) is 17.8 Å². The fourth-order valence-corrected chi connectivity index (χ4v) is 3.94. The van der Waals surface area contributed by atoms with Crippen LogP contribution in [-0.4, -0.2) is 67.2 Å². The van der Waals surface area contributed by atoms with Gasteiger partial charge in [-0.15, -0.1) is 5.10 Å². The van der Waals surface area contributed by atoms with Crippen molar-refractivity contribution in [3.8, 4) is 0 Å². The number of aliphatic hydroxyl groups excluding tert-OH is 1. The number of esters is 1. The zero-order valence-corrected chi connectivity index (χ0v) is 18.7. The number of ether oxygens (including phenoxy) is 2. The molecule has 0 radical (unpaired) electrons. The van der Waals surface area contributed by atoms with Crippen LogP contribution in [0.25, 0.3) is 11.2 Å². The number of aromatic nitrogens is 5.